The van der Waals surface area contributed by atoms with Crippen LogP contribution in [-0.4, -0.2) is 17.3 Å². The van der Waals surface area contributed by atoms with E-state index in [-0.39, 0.29) is 17.8 Å². The van der Waals surface area contributed by atoms with E-state index in [4.69, 9.17) is 0 Å². The lowest BCUT2D eigenvalue weighted by Crippen LogP contribution is -2.35. The van der Waals surface area contributed by atoms with Crippen LogP contribution in [0.4, 0.5) is 8.78 Å². The monoisotopic (exact) mass is 266 g/mol. The maximum atomic E-state index is 13.3. The third-order valence-electron chi connectivity index (χ3n) is 3.42. The minimum Gasteiger partial charge on any atom is -0.379 e. The van der Waals surface area contributed by atoms with Crippen LogP contribution in [0.5, 0.6) is 0 Å². The van der Waals surface area contributed by atoms with Gasteiger partial charge >= 0.3 is 0 Å². The standard InChI is InChI=1S/C15H16F2O2/c16-14(17)15(19,12-6-2-1-3-7-12)10-11-5-4-8-13(18)9-11/h1-3,6-7,9,14,19H,4-5,8,10H2. The highest BCUT2D eigenvalue weighted by Crippen LogP contribution is 2.36. The van der Waals surface area contributed by atoms with Gasteiger partial charge in [-0.3, -0.25) is 4.79 Å². The SMILES string of the molecule is O=C1C=C(CC(O)(c2ccccc2)C(F)F)CCC1. The summed E-state index contributed by atoms with van der Waals surface area (Å²) < 4.78 is 26.5. The van der Waals surface area contributed by atoms with Gasteiger partial charge in [0.05, 0.1) is 0 Å². The first-order valence-corrected chi connectivity index (χ1v) is 6.31. The molecule has 0 saturated heterocycles. The molecule has 2 rings (SSSR count). The molecule has 0 spiro atoms. The molecule has 1 aromatic rings. The zero-order valence-corrected chi connectivity index (χ0v) is 10.5. The average molecular weight is 266 g/mol. The summed E-state index contributed by atoms with van der Waals surface area (Å²) in [6.45, 7) is 0. The number of alkyl halides is 2. The molecule has 0 radical (unpaired) electrons. The van der Waals surface area contributed by atoms with E-state index < -0.39 is 12.0 Å². The molecule has 0 saturated carbocycles. The Morgan fingerprint density at radius 1 is 1.21 bits per heavy atom. The topological polar surface area (TPSA) is 37.3 Å². The van der Waals surface area contributed by atoms with Gasteiger partial charge in [-0.1, -0.05) is 35.9 Å². The number of rotatable bonds is 4. The van der Waals surface area contributed by atoms with Crippen LogP contribution in [0.1, 0.15) is 31.2 Å². The smallest absolute Gasteiger partial charge is 0.271 e. The Kier molecular flexibility index (Phi) is 4.10. The molecule has 0 amide bonds. The molecule has 0 fully saturated rings. The largest absolute Gasteiger partial charge is 0.379 e. The number of carbonyl (C=O) groups excluding carboxylic acids is 1. The summed E-state index contributed by atoms with van der Waals surface area (Å²) in [5.74, 6) is -0.0501. The van der Waals surface area contributed by atoms with Crippen molar-refractivity contribution in [2.24, 2.45) is 0 Å². The number of ketones is 1. The molecule has 4 heteroatoms. The van der Waals surface area contributed by atoms with Crippen molar-refractivity contribution in [2.75, 3.05) is 0 Å². The van der Waals surface area contributed by atoms with Crippen molar-refractivity contribution in [2.45, 2.75) is 37.7 Å². The van der Waals surface area contributed by atoms with Gasteiger partial charge in [-0.05, 0) is 24.5 Å². The van der Waals surface area contributed by atoms with Crippen molar-refractivity contribution in [1.29, 1.82) is 0 Å². The summed E-state index contributed by atoms with van der Waals surface area (Å²) in [6, 6.07) is 7.90. The highest BCUT2D eigenvalue weighted by atomic mass is 19.3. The number of halogens is 2. The summed E-state index contributed by atoms with van der Waals surface area (Å²) in [7, 11) is 0. The second kappa shape index (κ2) is 5.61. The van der Waals surface area contributed by atoms with E-state index in [0.29, 0.717) is 24.8 Å². The molecular formula is C15H16F2O2. The second-order valence-electron chi connectivity index (χ2n) is 4.89. The van der Waals surface area contributed by atoms with Crippen LogP contribution in [0.25, 0.3) is 0 Å². The Morgan fingerprint density at radius 3 is 2.47 bits per heavy atom. The first kappa shape index (κ1) is 13.9. The Morgan fingerprint density at radius 2 is 1.89 bits per heavy atom. The summed E-state index contributed by atoms with van der Waals surface area (Å²) in [5, 5.41) is 10.3. The summed E-state index contributed by atoms with van der Waals surface area (Å²) in [5.41, 5.74) is -1.43. The van der Waals surface area contributed by atoms with Crippen molar-refractivity contribution in [3.63, 3.8) is 0 Å². The molecule has 1 aromatic carbocycles. The third-order valence-corrected chi connectivity index (χ3v) is 3.42. The van der Waals surface area contributed by atoms with Gasteiger partial charge < -0.3 is 5.11 Å². The van der Waals surface area contributed by atoms with Crippen molar-refractivity contribution >= 4 is 5.78 Å². The van der Waals surface area contributed by atoms with Crippen LogP contribution in [0.2, 0.25) is 0 Å². The predicted molar refractivity (Wildman–Crippen MR) is 67.9 cm³/mol. The maximum Gasteiger partial charge on any atom is 0.271 e. The summed E-state index contributed by atoms with van der Waals surface area (Å²) in [4.78, 5) is 11.3. The first-order chi connectivity index (χ1) is 9.02. The molecule has 0 bridgehead atoms. The van der Waals surface area contributed by atoms with Gasteiger partial charge in [0.2, 0.25) is 0 Å². The molecule has 0 aliphatic heterocycles. The molecule has 0 heterocycles. The normalized spacial score (nSPS) is 19.2. The second-order valence-corrected chi connectivity index (χ2v) is 4.89. The molecular weight excluding hydrogens is 250 g/mol. The number of aliphatic hydroxyl groups is 1. The molecule has 1 unspecified atom stereocenters. The lowest BCUT2D eigenvalue weighted by Gasteiger charge is -2.29. The lowest BCUT2D eigenvalue weighted by molar-refractivity contribution is -0.115. The fraction of sp³-hybridized carbons (Fsp3) is 0.400. The zero-order valence-electron chi connectivity index (χ0n) is 10.5. The van der Waals surface area contributed by atoms with Gasteiger partial charge in [0, 0.05) is 12.8 Å². The Bertz CT molecular complexity index is 482. The molecule has 102 valence electrons. The van der Waals surface area contributed by atoms with Gasteiger partial charge in [0.1, 0.15) is 0 Å². The van der Waals surface area contributed by atoms with Crippen LogP contribution in [0.15, 0.2) is 42.0 Å². The first-order valence-electron chi connectivity index (χ1n) is 6.31. The van der Waals surface area contributed by atoms with Gasteiger partial charge in [-0.15, -0.1) is 0 Å². The van der Waals surface area contributed by atoms with Crippen molar-refractivity contribution in [1.82, 2.24) is 0 Å². The Hall–Kier alpha value is -1.55. The molecule has 19 heavy (non-hydrogen) atoms. The van der Waals surface area contributed by atoms with Crippen LogP contribution >= 0.6 is 0 Å². The van der Waals surface area contributed by atoms with E-state index in [9.17, 15) is 18.7 Å². The summed E-state index contributed by atoms with van der Waals surface area (Å²) in [6.07, 6.45) is 0.0296. The number of carbonyl (C=O) groups is 1. The molecule has 1 aliphatic rings. The predicted octanol–water partition coefficient (Wildman–Crippen LogP) is 3.21. The van der Waals surface area contributed by atoms with E-state index in [0.717, 1.165) is 0 Å². The minimum atomic E-state index is -2.90. The van der Waals surface area contributed by atoms with Gasteiger partial charge in [0.15, 0.2) is 11.4 Å². The molecule has 1 N–H and O–H groups in total. The van der Waals surface area contributed by atoms with E-state index in [1.165, 1.54) is 18.2 Å². The average Bonchev–Trinajstić information content (AvgIpc) is 2.39. The number of benzene rings is 1. The molecule has 2 nitrogen and oxygen atoms in total. The van der Waals surface area contributed by atoms with E-state index in [1.54, 1.807) is 18.2 Å². The number of hydrogen-bond acceptors (Lipinski definition) is 2. The number of hydrogen-bond donors (Lipinski definition) is 1. The van der Waals surface area contributed by atoms with Gasteiger partial charge in [0.25, 0.3) is 6.43 Å². The van der Waals surface area contributed by atoms with E-state index in [2.05, 4.69) is 0 Å². The van der Waals surface area contributed by atoms with E-state index >= 15 is 0 Å². The molecule has 1 aliphatic carbocycles. The fourth-order valence-electron chi connectivity index (χ4n) is 2.38. The quantitative estimate of drug-likeness (QED) is 0.908. The van der Waals surface area contributed by atoms with Crippen LogP contribution in [0, 0.1) is 0 Å². The van der Waals surface area contributed by atoms with Crippen LogP contribution in [0.3, 0.4) is 0 Å². The van der Waals surface area contributed by atoms with Crippen LogP contribution < -0.4 is 0 Å². The molecule has 1 atom stereocenters. The van der Waals surface area contributed by atoms with Crippen LogP contribution in [-0.2, 0) is 10.4 Å². The number of allylic oxidation sites excluding steroid dienone is 1. The fourth-order valence-corrected chi connectivity index (χ4v) is 2.38. The van der Waals surface area contributed by atoms with Crippen molar-refractivity contribution in [3.05, 3.63) is 47.5 Å². The van der Waals surface area contributed by atoms with E-state index in [1.807, 2.05) is 0 Å². The van der Waals surface area contributed by atoms with Crippen molar-refractivity contribution in [3.8, 4) is 0 Å². The van der Waals surface area contributed by atoms with Gasteiger partial charge in [-0.2, -0.15) is 0 Å². The van der Waals surface area contributed by atoms with Gasteiger partial charge in [-0.25, -0.2) is 8.78 Å². The Labute approximate surface area is 110 Å². The Balaban J connectivity index is 2.28. The molecule has 0 aromatic heterocycles. The lowest BCUT2D eigenvalue weighted by atomic mass is 9.83. The maximum absolute atomic E-state index is 13.3. The summed E-state index contributed by atoms with van der Waals surface area (Å²) >= 11 is 0. The third kappa shape index (κ3) is 3.07. The van der Waals surface area contributed by atoms with Crippen molar-refractivity contribution < 1.29 is 18.7 Å². The highest BCUT2D eigenvalue weighted by molar-refractivity contribution is 5.91. The highest BCUT2D eigenvalue weighted by Gasteiger charge is 2.40. The minimum absolute atomic E-state index is 0.0501. The zero-order chi connectivity index (χ0) is 13.9.